The Labute approximate surface area is 146 Å². The van der Waals surface area contributed by atoms with Crippen molar-refractivity contribution >= 4 is 22.5 Å². The fraction of sp³-hybridized carbons (Fsp3) is 0.263. The maximum Gasteiger partial charge on any atom is 0.148 e. The topological polar surface area (TPSA) is 17.4 Å². The summed E-state index contributed by atoms with van der Waals surface area (Å²) in [7, 11) is 4.02. The molecule has 0 spiro atoms. The number of aromatic nitrogens is 1. The summed E-state index contributed by atoms with van der Waals surface area (Å²) in [5.41, 5.74) is 2.85. The first kappa shape index (κ1) is 16.8. The van der Waals surface area contributed by atoms with Gasteiger partial charge in [0.1, 0.15) is 18.2 Å². The average Bonchev–Trinajstić information content (AvgIpc) is 2.80. The van der Waals surface area contributed by atoms with E-state index < -0.39 is 0 Å². The number of ether oxygens (including phenoxy) is 1. The van der Waals surface area contributed by atoms with Gasteiger partial charge in [-0.2, -0.15) is 0 Å². The van der Waals surface area contributed by atoms with Gasteiger partial charge in [0, 0.05) is 22.6 Å². The van der Waals surface area contributed by atoms with E-state index in [9.17, 15) is 4.39 Å². The molecule has 0 unspecified atom stereocenters. The second-order valence-corrected chi connectivity index (χ2v) is 6.48. The molecule has 24 heavy (non-hydrogen) atoms. The highest BCUT2D eigenvalue weighted by atomic mass is 35.5. The molecule has 0 saturated heterocycles. The molecule has 5 heteroatoms. The zero-order chi connectivity index (χ0) is 17.3. The predicted molar refractivity (Wildman–Crippen MR) is 97.0 cm³/mol. The Morgan fingerprint density at radius 2 is 1.83 bits per heavy atom. The first-order valence-electron chi connectivity index (χ1n) is 7.81. The van der Waals surface area contributed by atoms with Gasteiger partial charge >= 0.3 is 0 Å². The smallest absolute Gasteiger partial charge is 0.148 e. The summed E-state index contributed by atoms with van der Waals surface area (Å²) in [5.74, 6) is 0.567. The Morgan fingerprint density at radius 1 is 1.12 bits per heavy atom. The fourth-order valence-corrected chi connectivity index (χ4v) is 2.97. The van der Waals surface area contributed by atoms with Crippen molar-refractivity contribution < 1.29 is 9.13 Å². The zero-order valence-corrected chi connectivity index (χ0v) is 14.8. The van der Waals surface area contributed by atoms with Gasteiger partial charge in [-0.3, -0.25) is 0 Å². The molecule has 0 saturated carbocycles. The summed E-state index contributed by atoms with van der Waals surface area (Å²) < 4.78 is 21.4. The first-order valence-corrected chi connectivity index (χ1v) is 8.19. The molecule has 0 amide bonds. The Balaban J connectivity index is 2.12. The molecule has 0 atom stereocenters. The Hall–Kier alpha value is -2.04. The quantitative estimate of drug-likeness (QED) is 0.668. The summed E-state index contributed by atoms with van der Waals surface area (Å²) >= 11 is 6.18. The van der Waals surface area contributed by atoms with Gasteiger partial charge in [-0.15, -0.1) is 0 Å². The van der Waals surface area contributed by atoms with Crippen LogP contribution >= 0.6 is 11.6 Å². The molecule has 1 heterocycles. The molecule has 126 valence electrons. The number of rotatable bonds is 5. The van der Waals surface area contributed by atoms with Crippen molar-refractivity contribution in [1.82, 2.24) is 9.47 Å². The van der Waals surface area contributed by atoms with Crippen LogP contribution in [0.5, 0.6) is 5.75 Å². The molecule has 2 aromatic carbocycles. The lowest BCUT2D eigenvalue weighted by Gasteiger charge is -2.12. The highest BCUT2D eigenvalue weighted by Gasteiger charge is 2.17. The van der Waals surface area contributed by atoms with Crippen LogP contribution in [0.4, 0.5) is 4.39 Å². The molecule has 0 N–H and O–H groups in total. The van der Waals surface area contributed by atoms with Crippen molar-refractivity contribution in [3.63, 3.8) is 0 Å². The SMILES string of the molecule is Cc1c(OCCN(C)C)c2cc(Cl)ccc2n1-c1ccc(F)cc1. The van der Waals surface area contributed by atoms with Crippen LogP contribution in [0, 0.1) is 12.7 Å². The number of hydrogen-bond donors (Lipinski definition) is 0. The molecule has 1 aromatic heterocycles. The lowest BCUT2D eigenvalue weighted by molar-refractivity contribution is 0.262. The van der Waals surface area contributed by atoms with Gasteiger partial charge in [0.15, 0.2) is 0 Å². The minimum absolute atomic E-state index is 0.252. The highest BCUT2D eigenvalue weighted by molar-refractivity contribution is 6.31. The van der Waals surface area contributed by atoms with Crippen molar-refractivity contribution in [3.05, 3.63) is 59.0 Å². The van der Waals surface area contributed by atoms with E-state index in [4.69, 9.17) is 16.3 Å². The number of fused-ring (bicyclic) bond motifs is 1. The van der Waals surface area contributed by atoms with Gasteiger partial charge in [0.25, 0.3) is 0 Å². The summed E-state index contributed by atoms with van der Waals surface area (Å²) in [6, 6.07) is 12.2. The van der Waals surface area contributed by atoms with Gasteiger partial charge in [-0.05, 0) is 63.5 Å². The molecule has 0 bridgehead atoms. The van der Waals surface area contributed by atoms with Crippen LogP contribution in [-0.4, -0.2) is 36.7 Å². The van der Waals surface area contributed by atoms with E-state index in [-0.39, 0.29) is 5.82 Å². The largest absolute Gasteiger partial charge is 0.490 e. The third kappa shape index (κ3) is 3.25. The highest BCUT2D eigenvalue weighted by Crippen LogP contribution is 2.36. The van der Waals surface area contributed by atoms with Gasteiger partial charge in [0.2, 0.25) is 0 Å². The Morgan fingerprint density at radius 3 is 2.50 bits per heavy atom. The second kappa shape index (κ2) is 6.83. The van der Waals surface area contributed by atoms with Crippen molar-refractivity contribution in [2.24, 2.45) is 0 Å². The third-order valence-corrected chi connectivity index (χ3v) is 4.21. The molecule has 3 nitrogen and oxygen atoms in total. The molecule has 0 aliphatic rings. The van der Waals surface area contributed by atoms with E-state index in [1.807, 2.05) is 39.2 Å². The predicted octanol–water partition coefficient (Wildman–Crippen LogP) is 4.67. The van der Waals surface area contributed by atoms with E-state index >= 15 is 0 Å². The third-order valence-electron chi connectivity index (χ3n) is 3.98. The number of halogens is 2. The molecule has 0 aliphatic carbocycles. The van der Waals surface area contributed by atoms with Crippen LogP contribution in [0.2, 0.25) is 5.02 Å². The van der Waals surface area contributed by atoms with Crippen molar-refractivity contribution in [3.8, 4) is 11.4 Å². The maximum absolute atomic E-state index is 13.3. The number of hydrogen-bond acceptors (Lipinski definition) is 2. The van der Waals surface area contributed by atoms with Crippen molar-refractivity contribution in [1.29, 1.82) is 0 Å². The van der Waals surface area contributed by atoms with E-state index in [1.54, 1.807) is 12.1 Å². The Kier molecular flexibility index (Phi) is 4.78. The lowest BCUT2D eigenvalue weighted by Crippen LogP contribution is -2.19. The standard InChI is InChI=1S/C19H20ClFN2O/c1-13-19(24-11-10-22(2)3)17-12-14(20)4-9-18(17)23(13)16-7-5-15(21)6-8-16/h4-9,12H,10-11H2,1-3H3. The maximum atomic E-state index is 13.3. The minimum Gasteiger partial charge on any atom is -0.490 e. The molecule has 3 aromatic rings. The summed E-state index contributed by atoms with van der Waals surface area (Å²) in [6.45, 7) is 3.41. The summed E-state index contributed by atoms with van der Waals surface area (Å²) in [5, 5.41) is 1.62. The van der Waals surface area contributed by atoms with E-state index in [0.717, 1.165) is 34.6 Å². The normalized spacial score (nSPS) is 11.4. The minimum atomic E-state index is -0.252. The Bertz CT molecular complexity index is 856. The van der Waals surface area contributed by atoms with Crippen LogP contribution in [0.15, 0.2) is 42.5 Å². The fourth-order valence-electron chi connectivity index (χ4n) is 2.80. The summed E-state index contributed by atoms with van der Waals surface area (Å²) in [6.07, 6.45) is 0. The van der Waals surface area contributed by atoms with E-state index in [0.29, 0.717) is 11.6 Å². The lowest BCUT2D eigenvalue weighted by atomic mass is 10.2. The number of benzene rings is 2. The monoisotopic (exact) mass is 346 g/mol. The molecule has 0 aliphatic heterocycles. The average molecular weight is 347 g/mol. The zero-order valence-electron chi connectivity index (χ0n) is 14.0. The first-order chi connectivity index (χ1) is 11.5. The van der Waals surface area contributed by atoms with Crippen LogP contribution in [0.1, 0.15) is 5.69 Å². The van der Waals surface area contributed by atoms with E-state index in [1.165, 1.54) is 12.1 Å². The van der Waals surface area contributed by atoms with Crippen LogP contribution in [0.3, 0.4) is 0 Å². The van der Waals surface area contributed by atoms with Gasteiger partial charge < -0.3 is 14.2 Å². The molecule has 0 radical (unpaired) electrons. The number of nitrogens with zero attached hydrogens (tertiary/aromatic N) is 2. The van der Waals surface area contributed by atoms with Crippen molar-refractivity contribution in [2.45, 2.75) is 6.92 Å². The van der Waals surface area contributed by atoms with Gasteiger partial charge in [-0.1, -0.05) is 11.6 Å². The molecular weight excluding hydrogens is 327 g/mol. The number of likely N-dealkylation sites (N-methyl/N-ethyl adjacent to an activating group) is 1. The summed E-state index contributed by atoms with van der Waals surface area (Å²) in [4.78, 5) is 2.07. The second-order valence-electron chi connectivity index (χ2n) is 6.04. The van der Waals surface area contributed by atoms with E-state index in [2.05, 4.69) is 9.47 Å². The molecule has 0 fully saturated rings. The van der Waals surface area contributed by atoms with Crippen LogP contribution in [0.25, 0.3) is 16.6 Å². The van der Waals surface area contributed by atoms with Crippen molar-refractivity contribution in [2.75, 3.05) is 27.2 Å². The van der Waals surface area contributed by atoms with Gasteiger partial charge in [-0.25, -0.2) is 4.39 Å². The van der Waals surface area contributed by atoms with Crippen LogP contribution in [-0.2, 0) is 0 Å². The van der Waals surface area contributed by atoms with Gasteiger partial charge in [0.05, 0.1) is 11.2 Å². The van der Waals surface area contributed by atoms with Crippen LogP contribution < -0.4 is 4.74 Å². The molecule has 3 rings (SSSR count). The molecular formula is C19H20ClFN2O.